The van der Waals surface area contributed by atoms with Gasteiger partial charge >= 0.3 is 0 Å². The Labute approximate surface area is 224 Å². The van der Waals surface area contributed by atoms with Crippen molar-refractivity contribution in [3.05, 3.63) is 12.7 Å². The van der Waals surface area contributed by atoms with Crippen LogP contribution in [0.5, 0.6) is 0 Å². The molecule has 0 fully saturated rings. The summed E-state index contributed by atoms with van der Waals surface area (Å²) in [7, 11) is 0. The van der Waals surface area contributed by atoms with Gasteiger partial charge in [0.15, 0.2) is 0 Å². The van der Waals surface area contributed by atoms with Gasteiger partial charge in [0.05, 0.1) is 0 Å². The molecule has 0 heterocycles. The van der Waals surface area contributed by atoms with E-state index in [1.807, 2.05) is 0 Å². The predicted octanol–water partition coefficient (Wildman–Crippen LogP) is 13.4. The summed E-state index contributed by atoms with van der Waals surface area (Å²) in [5.41, 5.74) is 0. The highest BCUT2D eigenvalue weighted by molar-refractivity contribution is 4.65. The molecule has 0 rings (SSSR count). The van der Waals surface area contributed by atoms with Crippen molar-refractivity contribution >= 4 is 0 Å². The summed E-state index contributed by atoms with van der Waals surface area (Å²) in [5, 5.41) is 0. The van der Waals surface area contributed by atoms with Crippen molar-refractivity contribution < 1.29 is 0 Å². The molecule has 0 aromatic rings. The van der Waals surface area contributed by atoms with Gasteiger partial charge in [-0.2, -0.15) is 0 Å². The van der Waals surface area contributed by atoms with E-state index in [1.54, 1.807) is 0 Å². The van der Waals surface area contributed by atoms with Gasteiger partial charge in [-0.1, -0.05) is 194 Å². The van der Waals surface area contributed by atoms with Crippen molar-refractivity contribution in [1.82, 2.24) is 0 Å². The Hall–Kier alpha value is -0.260. The molecule has 0 aromatic carbocycles. The Balaban J connectivity index is 3.27. The number of rotatable bonds is 30. The van der Waals surface area contributed by atoms with Crippen LogP contribution in [0.3, 0.4) is 0 Å². The minimum atomic E-state index is 0.946. The first kappa shape index (κ1) is 34.7. The van der Waals surface area contributed by atoms with Crippen molar-refractivity contribution in [3.63, 3.8) is 0 Å². The van der Waals surface area contributed by atoms with Crippen molar-refractivity contribution in [2.24, 2.45) is 11.8 Å². The van der Waals surface area contributed by atoms with Crippen molar-refractivity contribution in [3.8, 4) is 0 Å². The van der Waals surface area contributed by atoms with Crippen LogP contribution in [-0.4, -0.2) is 0 Å². The zero-order chi connectivity index (χ0) is 25.7. The molecule has 0 aliphatic rings. The monoisotopic (exact) mass is 491 g/mol. The Morgan fingerprint density at radius 1 is 0.400 bits per heavy atom. The SMILES string of the molecule is C=CCCCCCCCCCCC(C)CCCC(C)CCCCCCCCCCCCCCCC. The molecule has 0 spiro atoms. The molecule has 0 saturated heterocycles. The van der Waals surface area contributed by atoms with Crippen LogP contribution in [0.4, 0.5) is 0 Å². The number of hydrogen-bond acceptors (Lipinski definition) is 0. The van der Waals surface area contributed by atoms with Gasteiger partial charge in [-0.3, -0.25) is 0 Å². The van der Waals surface area contributed by atoms with E-state index < -0.39 is 0 Å². The summed E-state index contributed by atoms with van der Waals surface area (Å²) >= 11 is 0. The van der Waals surface area contributed by atoms with Gasteiger partial charge in [0, 0.05) is 0 Å². The van der Waals surface area contributed by atoms with E-state index in [0.717, 1.165) is 11.8 Å². The van der Waals surface area contributed by atoms with Crippen LogP contribution < -0.4 is 0 Å². The summed E-state index contributed by atoms with van der Waals surface area (Å²) in [6.45, 7) is 11.1. The topological polar surface area (TPSA) is 0 Å². The fraction of sp³-hybridized carbons (Fsp3) is 0.943. The van der Waals surface area contributed by atoms with E-state index in [2.05, 4.69) is 33.4 Å². The Kier molecular flexibility index (Phi) is 29.7. The third kappa shape index (κ3) is 29.9. The second-order valence-corrected chi connectivity index (χ2v) is 12.2. The normalized spacial score (nSPS) is 13.2. The van der Waals surface area contributed by atoms with Gasteiger partial charge in [-0.25, -0.2) is 0 Å². The standard InChI is InChI=1S/C35H70/c1-5-7-9-11-13-15-17-18-19-20-22-24-26-28-31-35(4)33-29-32-34(3)30-27-25-23-21-16-14-12-10-8-6-2/h6,34-35H,2,5,7-33H2,1,3-4H3. The van der Waals surface area contributed by atoms with E-state index in [4.69, 9.17) is 0 Å². The van der Waals surface area contributed by atoms with Crippen LogP contribution in [0.2, 0.25) is 0 Å². The molecule has 210 valence electrons. The third-order valence-corrected chi connectivity index (χ3v) is 8.30. The van der Waals surface area contributed by atoms with Gasteiger partial charge in [-0.05, 0) is 24.7 Å². The lowest BCUT2D eigenvalue weighted by molar-refractivity contribution is 0.390. The van der Waals surface area contributed by atoms with Gasteiger partial charge in [0.25, 0.3) is 0 Å². The Morgan fingerprint density at radius 2 is 0.686 bits per heavy atom. The molecule has 0 heteroatoms. The molecule has 0 N–H and O–H groups in total. The lowest BCUT2D eigenvalue weighted by atomic mass is 9.92. The van der Waals surface area contributed by atoms with E-state index in [1.165, 1.54) is 180 Å². The predicted molar refractivity (Wildman–Crippen MR) is 163 cm³/mol. The Bertz CT molecular complexity index is 383. The third-order valence-electron chi connectivity index (χ3n) is 8.30. The summed E-state index contributed by atoms with van der Waals surface area (Å²) < 4.78 is 0. The molecule has 0 amide bonds. The molecule has 0 aliphatic heterocycles. The van der Waals surface area contributed by atoms with Gasteiger partial charge < -0.3 is 0 Å². The van der Waals surface area contributed by atoms with Gasteiger partial charge in [0.1, 0.15) is 0 Å². The first-order chi connectivity index (χ1) is 17.2. The maximum atomic E-state index is 3.81. The van der Waals surface area contributed by atoms with Crippen molar-refractivity contribution in [1.29, 1.82) is 0 Å². The van der Waals surface area contributed by atoms with Crippen LogP contribution in [0.25, 0.3) is 0 Å². The second kappa shape index (κ2) is 30.0. The van der Waals surface area contributed by atoms with E-state index >= 15 is 0 Å². The second-order valence-electron chi connectivity index (χ2n) is 12.2. The number of unbranched alkanes of at least 4 members (excludes halogenated alkanes) is 21. The largest absolute Gasteiger partial charge is 0.103 e. The quantitative estimate of drug-likeness (QED) is 0.0693. The lowest BCUT2D eigenvalue weighted by Crippen LogP contribution is -1.99. The number of allylic oxidation sites excluding steroid dienone is 1. The molecule has 0 saturated carbocycles. The lowest BCUT2D eigenvalue weighted by Gasteiger charge is -2.14. The van der Waals surface area contributed by atoms with E-state index in [-0.39, 0.29) is 0 Å². The van der Waals surface area contributed by atoms with Crippen LogP contribution in [0.15, 0.2) is 12.7 Å². The van der Waals surface area contributed by atoms with Crippen molar-refractivity contribution in [2.75, 3.05) is 0 Å². The molecule has 2 unspecified atom stereocenters. The molecule has 35 heavy (non-hydrogen) atoms. The van der Waals surface area contributed by atoms with Crippen LogP contribution >= 0.6 is 0 Å². The highest BCUT2D eigenvalue weighted by atomic mass is 14.1. The first-order valence-electron chi connectivity index (χ1n) is 16.8. The maximum Gasteiger partial charge on any atom is -0.0353 e. The zero-order valence-corrected chi connectivity index (χ0v) is 25.2. The summed E-state index contributed by atoms with van der Waals surface area (Å²) in [4.78, 5) is 0. The van der Waals surface area contributed by atoms with Gasteiger partial charge in [-0.15, -0.1) is 6.58 Å². The molecule has 0 aliphatic carbocycles. The average molecular weight is 491 g/mol. The Morgan fingerprint density at radius 3 is 1.03 bits per heavy atom. The van der Waals surface area contributed by atoms with E-state index in [9.17, 15) is 0 Å². The fourth-order valence-electron chi connectivity index (χ4n) is 5.63. The maximum absolute atomic E-state index is 3.81. The molecule has 0 aromatic heterocycles. The van der Waals surface area contributed by atoms with Crippen LogP contribution in [0.1, 0.15) is 201 Å². The molecule has 0 bridgehead atoms. The first-order valence-corrected chi connectivity index (χ1v) is 16.8. The van der Waals surface area contributed by atoms with Gasteiger partial charge in [0.2, 0.25) is 0 Å². The molecular weight excluding hydrogens is 420 g/mol. The van der Waals surface area contributed by atoms with Crippen LogP contribution in [0, 0.1) is 11.8 Å². The molecular formula is C35H70. The minimum absolute atomic E-state index is 0.946. The number of hydrogen-bond donors (Lipinski definition) is 0. The highest BCUT2D eigenvalue weighted by Crippen LogP contribution is 2.22. The minimum Gasteiger partial charge on any atom is -0.103 e. The van der Waals surface area contributed by atoms with E-state index in [0.29, 0.717) is 0 Å². The average Bonchev–Trinajstić information content (AvgIpc) is 2.85. The summed E-state index contributed by atoms with van der Waals surface area (Å²) in [5.74, 6) is 1.90. The summed E-state index contributed by atoms with van der Waals surface area (Å²) in [6.07, 6.45) is 42.7. The highest BCUT2D eigenvalue weighted by Gasteiger charge is 2.06. The van der Waals surface area contributed by atoms with Crippen molar-refractivity contribution in [2.45, 2.75) is 201 Å². The molecule has 2 atom stereocenters. The molecule has 0 radical (unpaired) electrons. The zero-order valence-electron chi connectivity index (χ0n) is 25.2. The van der Waals surface area contributed by atoms with Crippen LogP contribution in [-0.2, 0) is 0 Å². The fourth-order valence-corrected chi connectivity index (χ4v) is 5.63. The smallest absolute Gasteiger partial charge is 0.0353 e. The summed E-state index contributed by atoms with van der Waals surface area (Å²) in [6, 6.07) is 0. The molecule has 0 nitrogen and oxygen atoms in total.